The van der Waals surface area contributed by atoms with Gasteiger partial charge in [-0.25, -0.2) is 0 Å². The molecule has 0 aromatic heterocycles. The summed E-state index contributed by atoms with van der Waals surface area (Å²) in [6.45, 7) is 0. The second-order valence-electron chi connectivity index (χ2n) is 2.74. The van der Waals surface area contributed by atoms with E-state index >= 15 is 0 Å². The van der Waals surface area contributed by atoms with Gasteiger partial charge in [-0.1, -0.05) is 0 Å². The first-order valence-corrected chi connectivity index (χ1v) is 3.68. The lowest BCUT2D eigenvalue weighted by Crippen LogP contribution is -2.17. The molecule has 2 rings (SSSR count). The number of benzene rings is 1. The number of nitrogens with zero attached hydrogens (tertiary/aromatic N) is 1. The van der Waals surface area contributed by atoms with Gasteiger partial charge in [-0.2, -0.15) is 0 Å². The van der Waals surface area contributed by atoms with Crippen molar-refractivity contribution in [2.24, 2.45) is 5.18 Å². The first-order valence-electron chi connectivity index (χ1n) is 3.68. The highest BCUT2D eigenvalue weighted by atomic mass is 16.3. The van der Waals surface area contributed by atoms with Gasteiger partial charge in [0.2, 0.25) is 0 Å². The zero-order valence-corrected chi connectivity index (χ0v) is 6.52. The number of hydrogen-bond acceptors (Lipinski definition) is 4. The number of rotatable bonds is 1. The number of hydrogen-bond donors (Lipinski definition) is 2. The number of nitroso groups, excluding NO2 is 1. The lowest BCUT2D eigenvalue weighted by atomic mass is 10.1. The van der Waals surface area contributed by atoms with E-state index in [0.717, 1.165) is 0 Å². The van der Waals surface area contributed by atoms with E-state index in [1.54, 1.807) is 0 Å². The standard InChI is InChI=1S/C8H6N2O3/c11-7-5-2-1-4(10-13)3-6(5)8(12)9-7/h1-3,8,12H,(H,9,11). The molecular formula is C8H6N2O3. The molecule has 1 aliphatic rings. The monoisotopic (exact) mass is 178 g/mol. The Bertz CT molecular complexity index is 389. The summed E-state index contributed by atoms with van der Waals surface area (Å²) in [6.07, 6.45) is -1.02. The summed E-state index contributed by atoms with van der Waals surface area (Å²) in [4.78, 5) is 21.3. The molecule has 0 saturated carbocycles. The summed E-state index contributed by atoms with van der Waals surface area (Å²) in [5, 5.41) is 14.3. The Labute approximate surface area is 73.4 Å². The molecule has 5 nitrogen and oxygen atoms in total. The molecule has 0 aliphatic carbocycles. The second kappa shape index (κ2) is 2.63. The normalized spacial score (nSPS) is 19.5. The van der Waals surface area contributed by atoms with Crippen molar-refractivity contribution in [1.29, 1.82) is 0 Å². The highest BCUT2D eigenvalue weighted by molar-refractivity contribution is 5.99. The zero-order chi connectivity index (χ0) is 9.42. The number of aliphatic hydroxyl groups excluding tert-OH is 1. The van der Waals surface area contributed by atoms with Crippen LogP contribution in [-0.4, -0.2) is 11.0 Å². The van der Waals surface area contributed by atoms with Crippen molar-refractivity contribution in [1.82, 2.24) is 5.32 Å². The summed E-state index contributed by atoms with van der Waals surface area (Å²) >= 11 is 0. The quantitative estimate of drug-likeness (QED) is 0.625. The van der Waals surface area contributed by atoms with Gasteiger partial charge in [0.1, 0.15) is 5.69 Å². The number of amides is 1. The number of fused-ring (bicyclic) bond motifs is 1. The molecule has 0 saturated heterocycles. The lowest BCUT2D eigenvalue weighted by Gasteiger charge is -2.01. The molecule has 0 fully saturated rings. The van der Waals surface area contributed by atoms with Crippen molar-refractivity contribution in [2.45, 2.75) is 6.23 Å². The predicted octanol–water partition coefficient (Wildman–Crippen LogP) is 0.819. The molecule has 13 heavy (non-hydrogen) atoms. The Morgan fingerprint density at radius 2 is 2.23 bits per heavy atom. The number of nitrogens with one attached hydrogen (secondary N) is 1. The van der Waals surface area contributed by atoms with Crippen molar-refractivity contribution in [3.8, 4) is 0 Å². The van der Waals surface area contributed by atoms with E-state index in [2.05, 4.69) is 10.5 Å². The van der Waals surface area contributed by atoms with E-state index in [1.165, 1.54) is 18.2 Å². The van der Waals surface area contributed by atoms with Gasteiger partial charge >= 0.3 is 0 Å². The lowest BCUT2D eigenvalue weighted by molar-refractivity contribution is 0.0850. The largest absolute Gasteiger partial charge is 0.369 e. The van der Waals surface area contributed by atoms with Crippen molar-refractivity contribution >= 4 is 11.6 Å². The van der Waals surface area contributed by atoms with Gasteiger partial charge in [-0.3, -0.25) is 4.79 Å². The summed E-state index contributed by atoms with van der Waals surface area (Å²) in [7, 11) is 0. The smallest absolute Gasteiger partial charge is 0.253 e. The van der Waals surface area contributed by atoms with Crippen LogP contribution in [0.5, 0.6) is 0 Å². The van der Waals surface area contributed by atoms with Crippen molar-refractivity contribution in [3.05, 3.63) is 34.2 Å². The van der Waals surface area contributed by atoms with Gasteiger partial charge < -0.3 is 10.4 Å². The van der Waals surface area contributed by atoms with E-state index in [-0.39, 0.29) is 11.6 Å². The fourth-order valence-corrected chi connectivity index (χ4v) is 1.32. The average molecular weight is 178 g/mol. The summed E-state index contributed by atoms with van der Waals surface area (Å²) in [6, 6.07) is 4.30. The highest BCUT2D eigenvalue weighted by Crippen LogP contribution is 2.27. The third-order valence-corrected chi connectivity index (χ3v) is 1.95. The van der Waals surface area contributed by atoms with Crippen LogP contribution in [0, 0.1) is 4.91 Å². The Morgan fingerprint density at radius 1 is 1.46 bits per heavy atom. The Hall–Kier alpha value is -1.75. The number of carbonyl (C=O) groups is 1. The van der Waals surface area contributed by atoms with Crippen LogP contribution < -0.4 is 5.32 Å². The number of carbonyl (C=O) groups excluding carboxylic acids is 1. The molecule has 1 aliphatic heterocycles. The molecule has 66 valence electrons. The Balaban J connectivity index is 2.58. The maximum atomic E-state index is 11.1. The van der Waals surface area contributed by atoms with Gasteiger partial charge in [0, 0.05) is 11.1 Å². The van der Waals surface area contributed by atoms with Crippen LogP contribution in [-0.2, 0) is 0 Å². The molecule has 0 bridgehead atoms. The van der Waals surface area contributed by atoms with Crippen molar-refractivity contribution in [3.63, 3.8) is 0 Å². The van der Waals surface area contributed by atoms with E-state index in [4.69, 9.17) is 0 Å². The second-order valence-corrected chi connectivity index (χ2v) is 2.74. The molecule has 0 radical (unpaired) electrons. The Morgan fingerprint density at radius 3 is 2.92 bits per heavy atom. The maximum Gasteiger partial charge on any atom is 0.253 e. The van der Waals surface area contributed by atoms with Crippen LogP contribution in [0.4, 0.5) is 5.69 Å². The van der Waals surface area contributed by atoms with Gasteiger partial charge in [0.15, 0.2) is 6.23 Å². The van der Waals surface area contributed by atoms with E-state index in [0.29, 0.717) is 11.1 Å². The fraction of sp³-hybridized carbons (Fsp3) is 0.125. The molecule has 1 atom stereocenters. The topological polar surface area (TPSA) is 78.8 Å². The molecule has 1 aromatic carbocycles. The van der Waals surface area contributed by atoms with E-state index in [9.17, 15) is 14.8 Å². The van der Waals surface area contributed by atoms with Crippen LogP contribution in [0.25, 0.3) is 0 Å². The van der Waals surface area contributed by atoms with Gasteiger partial charge in [0.05, 0.1) is 0 Å². The summed E-state index contributed by atoms with van der Waals surface area (Å²) in [5.41, 5.74) is 0.997. The third-order valence-electron chi connectivity index (χ3n) is 1.95. The minimum absolute atomic E-state index is 0.203. The number of aliphatic hydroxyl groups is 1. The van der Waals surface area contributed by atoms with E-state index in [1.807, 2.05) is 0 Å². The molecular weight excluding hydrogens is 172 g/mol. The minimum atomic E-state index is -1.02. The van der Waals surface area contributed by atoms with E-state index < -0.39 is 6.23 Å². The molecule has 1 heterocycles. The summed E-state index contributed by atoms with van der Waals surface area (Å²) in [5.74, 6) is -0.333. The van der Waals surface area contributed by atoms with Gasteiger partial charge in [-0.05, 0) is 23.4 Å². The molecule has 5 heteroatoms. The van der Waals surface area contributed by atoms with Gasteiger partial charge in [-0.15, -0.1) is 4.91 Å². The van der Waals surface area contributed by atoms with Crippen LogP contribution in [0.2, 0.25) is 0 Å². The van der Waals surface area contributed by atoms with Crippen LogP contribution in [0.15, 0.2) is 23.4 Å². The van der Waals surface area contributed by atoms with Gasteiger partial charge in [0.25, 0.3) is 5.91 Å². The molecule has 2 N–H and O–H groups in total. The maximum absolute atomic E-state index is 11.1. The Kier molecular flexibility index (Phi) is 1.60. The van der Waals surface area contributed by atoms with Crippen molar-refractivity contribution < 1.29 is 9.90 Å². The summed E-state index contributed by atoms with van der Waals surface area (Å²) < 4.78 is 0. The zero-order valence-electron chi connectivity index (χ0n) is 6.52. The van der Waals surface area contributed by atoms with Crippen molar-refractivity contribution in [2.75, 3.05) is 0 Å². The minimum Gasteiger partial charge on any atom is -0.369 e. The van der Waals surface area contributed by atoms with Crippen LogP contribution >= 0.6 is 0 Å². The molecule has 1 aromatic rings. The fourth-order valence-electron chi connectivity index (χ4n) is 1.32. The third kappa shape index (κ3) is 1.09. The van der Waals surface area contributed by atoms with Crippen LogP contribution in [0.3, 0.4) is 0 Å². The molecule has 1 amide bonds. The first kappa shape index (κ1) is 7.88. The highest BCUT2D eigenvalue weighted by Gasteiger charge is 2.26. The SMILES string of the molecule is O=Nc1ccc2c(c1)C(O)NC2=O. The average Bonchev–Trinajstić information content (AvgIpc) is 2.42. The first-order chi connectivity index (χ1) is 6.22. The molecule has 0 spiro atoms. The predicted molar refractivity (Wildman–Crippen MR) is 44.3 cm³/mol. The van der Waals surface area contributed by atoms with Crippen LogP contribution in [0.1, 0.15) is 22.1 Å². The molecule has 1 unspecified atom stereocenters.